The van der Waals surface area contributed by atoms with E-state index in [2.05, 4.69) is 0 Å². The summed E-state index contributed by atoms with van der Waals surface area (Å²) in [4.78, 5) is 0. The molecule has 0 aliphatic rings. The van der Waals surface area contributed by atoms with Gasteiger partial charge in [-0.05, 0) is 12.5 Å². The van der Waals surface area contributed by atoms with Crippen LogP contribution in [0.25, 0.3) is 0 Å². The van der Waals surface area contributed by atoms with Crippen LogP contribution >= 0.6 is 0 Å². The monoisotopic (exact) mass is 210 g/mol. The molecule has 0 bridgehead atoms. The number of hydrogen-bond acceptors (Lipinski definition) is 3. The van der Waals surface area contributed by atoms with E-state index < -0.39 is 0 Å². The lowest BCUT2D eigenvalue weighted by atomic mass is 10.2. The molecular formula is C12H18O3. The highest BCUT2D eigenvalue weighted by molar-refractivity contribution is 5.13. The maximum Gasteiger partial charge on any atom is 0.0781 e. The molecule has 0 aliphatic heterocycles. The Bertz CT molecular complexity index is 248. The maximum atomic E-state index is 8.55. The number of aliphatic hydroxyl groups excluding tert-OH is 1. The van der Waals surface area contributed by atoms with Gasteiger partial charge in [-0.3, -0.25) is 0 Å². The van der Waals surface area contributed by atoms with Gasteiger partial charge in [-0.1, -0.05) is 30.3 Å². The van der Waals surface area contributed by atoms with Crippen LogP contribution in [0, 0.1) is 0 Å². The summed E-state index contributed by atoms with van der Waals surface area (Å²) in [6.45, 7) is 3.52. The molecule has 0 amide bonds. The first kappa shape index (κ1) is 12.2. The Morgan fingerprint density at radius 2 is 2.00 bits per heavy atom. The highest BCUT2D eigenvalue weighted by Crippen LogP contribution is 2.01. The van der Waals surface area contributed by atoms with Crippen molar-refractivity contribution in [2.24, 2.45) is 0 Å². The van der Waals surface area contributed by atoms with Gasteiger partial charge in [0.1, 0.15) is 0 Å². The Labute approximate surface area is 90.6 Å². The molecule has 0 saturated carbocycles. The van der Waals surface area contributed by atoms with Gasteiger partial charge in [-0.15, -0.1) is 0 Å². The molecule has 1 aromatic rings. The normalized spacial score (nSPS) is 12.7. The predicted octanol–water partition coefficient (Wildman–Crippen LogP) is 1.60. The van der Waals surface area contributed by atoms with Gasteiger partial charge in [0.2, 0.25) is 0 Å². The van der Waals surface area contributed by atoms with Crippen LogP contribution in [0.2, 0.25) is 0 Å². The third kappa shape index (κ3) is 5.52. The van der Waals surface area contributed by atoms with Crippen LogP contribution in [0.3, 0.4) is 0 Å². The first-order valence-electron chi connectivity index (χ1n) is 5.17. The molecule has 3 heteroatoms. The summed E-state index contributed by atoms with van der Waals surface area (Å²) in [6.07, 6.45) is 0.0286. The highest BCUT2D eigenvalue weighted by atomic mass is 16.5. The number of hydrogen-bond donors (Lipinski definition) is 1. The van der Waals surface area contributed by atoms with Gasteiger partial charge in [0.25, 0.3) is 0 Å². The fraction of sp³-hybridized carbons (Fsp3) is 0.500. The summed E-state index contributed by atoms with van der Waals surface area (Å²) in [6, 6.07) is 10.0. The van der Waals surface area contributed by atoms with Crippen LogP contribution in [0.1, 0.15) is 12.5 Å². The lowest BCUT2D eigenvalue weighted by Gasteiger charge is -2.12. The number of aliphatic hydroxyl groups is 1. The van der Waals surface area contributed by atoms with Crippen LogP contribution in [0.4, 0.5) is 0 Å². The Balaban J connectivity index is 2.11. The van der Waals surface area contributed by atoms with Crippen LogP contribution in [-0.2, 0) is 16.1 Å². The molecule has 0 spiro atoms. The molecule has 1 N–H and O–H groups in total. The molecule has 0 saturated heterocycles. The minimum atomic E-state index is 0.0286. The molecule has 0 aliphatic carbocycles. The van der Waals surface area contributed by atoms with Crippen molar-refractivity contribution in [1.82, 2.24) is 0 Å². The average molecular weight is 210 g/mol. The van der Waals surface area contributed by atoms with Crippen molar-refractivity contribution >= 4 is 0 Å². The predicted molar refractivity (Wildman–Crippen MR) is 58.6 cm³/mol. The summed E-state index contributed by atoms with van der Waals surface area (Å²) >= 11 is 0. The van der Waals surface area contributed by atoms with E-state index >= 15 is 0 Å². The van der Waals surface area contributed by atoms with Gasteiger partial charge >= 0.3 is 0 Å². The van der Waals surface area contributed by atoms with Crippen LogP contribution < -0.4 is 0 Å². The summed E-state index contributed by atoms with van der Waals surface area (Å²) in [5, 5.41) is 8.55. The molecule has 0 unspecified atom stereocenters. The van der Waals surface area contributed by atoms with Gasteiger partial charge in [-0.25, -0.2) is 0 Å². The second-order valence-electron chi connectivity index (χ2n) is 3.41. The van der Waals surface area contributed by atoms with Crippen LogP contribution in [0.15, 0.2) is 30.3 Å². The van der Waals surface area contributed by atoms with E-state index in [1.807, 2.05) is 37.3 Å². The van der Waals surface area contributed by atoms with Gasteiger partial charge in [0.05, 0.1) is 32.5 Å². The smallest absolute Gasteiger partial charge is 0.0781 e. The first-order valence-corrected chi connectivity index (χ1v) is 5.17. The van der Waals surface area contributed by atoms with Crippen molar-refractivity contribution in [3.05, 3.63) is 35.9 Å². The second kappa shape index (κ2) is 7.40. The van der Waals surface area contributed by atoms with Gasteiger partial charge < -0.3 is 14.6 Å². The zero-order chi connectivity index (χ0) is 10.9. The van der Waals surface area contributed by atoms with E-state index in [4.69, 9.17) is 14.6 Å². The van der Waals surface area contributed by atoms with E-state index in [9.17, 15) is 0 Å². The average Bonchev–Trinajstić information content (AvgIpc) is 2.28. The molecule has 15 heavy (non-hydrogen) atoms. The number of rotatable bonds is 7. The van der Waals surface area contributed by atoms with Crippen molar-refractivity contribution in [2.45, 2.75) is 19.6 Å². The quantitative estimate of drug-likeness (QED) is 0.743. The molecule has 1 rings (SSSR count). The fourth-order valence-electron chi connectivity index (χ4n) is 1.22. The maximum absolute atomic E-state index is 8.55. The SMILES string of the molecule is C[C@H](COCc1ccccc1)OCCO. The minimum Gasteiger partial charge on any atom is -0.394 e. The lowest BCUT2D eigenvalue weighted by molar-refractivity contribution is -0.0228. The van der Waals surface area contributed by atoms with Crippen LogP contribution in [-0.4, -0.2) is 31.0 Å². The lowest BCUT2D eigenvalue weighted by Crippen LogP contribution is -2.17. The molecule has 0 fully saturated rings. The third-order valence-corrected chi connectivity index (χ3v) is 1.96. The second-order valence-corrected chi connectivity index (χ2v) is 3.41. The molecule has 84 valence electrons. The van der Waals surface area contributed by atoms with E-state index in [0.29, 0.717) is 19.8 Å². The van der Waals surface area contributed by atoms with E-state index in [1.165, 1.54) is 0 Å². The topological polar surface area (TPSA) is 38.7 Å². The van der Waals surface area contributed by atoms with E-state index in [1.54, 1.807) is 0 Å². The Morgan fingerprint density at radius 1 is 1.27 bits per heavy atom. The summed E-state index contributed by atoms with van der Waals surface area (Å²) in [7, 11) is 0. The fourth-order valence-corrected chi connectivity index (χ4v) is 1.22. The molecule has 0 aromatic heterocycles. The molecule has 0 heterocycles. The van der Waals surface area contributed by atoms with Crippen molar-refractivity contribution in [2.75, 3.05) is 19.8 Å². The number of ether oxygens (including phenoxy) is 2. The van der Waals surface area contributed by atoms with Gasteiger partial charge in [-0.2, -0.15) is 0 Å². The third-order valence-electron chi connectivity index (χ3n) is 1.96. The van der Waals surface area contributed by atoms with Crippen molar-refractivity contribution in [3.8, 4) is 0 Å². The van der Waals surface area contributed by atoms with Crippen LogP contribution in [0.5, 0.6) is 0 Å². The van der Waals surface area contributed by atoms with E-state index in [-0.39, 0.29) is 12.7 Å². The molecule has 3 nitrogen and oxygen atoms in total. The molecule has 1 aromatic carbocycles. The number of benzene rings is 1. The minimum absolute atomic E-state index is 0.0286. The van der Waals surface area contributed by atoms with Crippen molar-refractivity contribution in [1.29, 1.82) is 0 Å². The molecule has 1 atom stereocenters. The zero-order valence-corrected chi connectivity index (χ0v) is 9.06. The summed E-state index contributed by atoms with van der Waals surface area (Å²) in [5.41, 5.74) is 1.16. The Hall–Kier alpha value is -0.900. The standard InChI is InChI=1S/C12H18O3/c1-11(15-8-7-13)9-14-10-12-5-3-2-4-6-12/h2-6,11,13H,7-10H2,1H3/t11-/m1/s1. The Morgan fingerprint density at radius 3 is 2.67 bits per heavy atom. The van der Waals surface area contributed by atoms with Crippen molar-refractivity contribution < 1.29 is 14.6 Å². The highest BCUT2D eigenvalue weighted by Gasteiger charge is 2.01. The zero-order valence-electron chi connectivity index (χ0n) is 9.06. The van der Waals surface area contributed by atoms with Gasteiger partial charge in [0.15, 0.2) is 0 Å². The molecule has 0 radical (unpaired) electrons. The largest absolute Gasteiger partial charge is 0.394 e. The first-order chi connectivity index (χ1) is 7.33. The van der Waals surface area contributed by atoms with Gasteiger partial charge in [0, 0.05) is 0 Å². The summed E-state index contributed by atoms with van der Waals surface area (Å²) < 4.78 is 10.7. The Kier molecular flexibility index (Phi) is 6.00. The van der Waals surface area contributed by atoms with E-state index in [0.717, 1.165) is 5.56 Å². The molecular weight excluding hydrogens is 192 g/mol. The summed E-state index contributed by atoms with van der Waals surface area (Å²) in [5.74, 6) is 0. The van der Waals surface area contributed by atoms with Crippen molar-refractivity contribution in [3.63, 3.8) is 0 Å².